The van der Waals surface area contributed by atoms with Gasteiger partial charge >= 0.3 is 6.03 Å². The molecule has 4 aromatic rings. The maximum Gasteiger partial charge on any atom is 0.322 e. The summed E-state index contributed by atoms with van der Waals surface area (Å²) in [5, 5.41) is 15.8. The average Bonchev–Trinajstić information content (AvgIpc) is 3.52. The molecule has 0 bridgehead atoms. The van der Waals surface area contributed by atoms with Crippen LogP contribution in [0.25, 0.3) is 22.1 Å². The van der Waals surface area contributed by atoms with E-state index in [2.05, 4.69) is 15.6 Å². The van der Waals surface area contributed by atoms with Gasteiger partial charge in [-0.15, -0.1) is 0 Å². The van der Waals surface area contributed by atoms with Crippen molar-refractivity contribution in [2.24, 2.45) is 0 Å². The maximum atomic E-state index is 13.2. The number of aromatic hydroxyl groups is 1. The monoisotopic (exact) mass is 484 g/mol. The fourth-order valence-electron chi connectivity index (χ4n) is 4.79. The summed E-state index contributed by atoms with van der Waals surface area (Å²) in [5.74, 6) is -0.107. The first kappa shape index (κ1) is 21.7. The Labute approximate surface area is 204 Å². The van der Waals surface area contributed by atoms with Gasteiger partial charge in [0.2, 0.25) is 0 Å². The van der Waals surface area contributed by atoms with Crippen LogP contribution in [0.2, 0.25) is 0 Å². The number of amides is 4. The van der Waals surface area contributed by atoms with E-state index in [-0.39, 0.29) is 30.5 Å². The third-order valence-electron chi connectivity index (χ3n) is 6.61. The first-order valence-electron chi connectivity index (χ1n) is 11.2. The maximum absolute atomic E-state index is 13.2. The van der Waals surface area contributed by atoms with Crippen LogP contribution in [0.4, 0.5) is 4.79 Å². The van der Waals surface area contributed by atoms with Gasteiger partial charge in [-0.2, -0.15) is 0 Å². The lowest BCUT2D eigenvalue weighted by atomic mass is 9.95. The van der Waals surface area contributed by atoms with Crippen molar-refractivity contribution >= 4 is 28.8 Å². The molecule has 180 valence electrons. The Morgan fingerprint density at radius 1 is 1.11 bits per heavy atom. The lowest BCUT2D eigenvalue weighted by Gasteiger charge is -2.29. The third kappa shape index (κ3) is 3.26. The van der Waals surface area contributed by atoms with E-state index in [1.807, 2.05) is 12.1 Å². The largest absolute Gasteiger partial charge is 0.506 e. The van der Waals surface area contributed by atoms with Crippen LogP contribution in [0.15, 0.2) is 65.3 Å². The molecule has 0 aliphatic carbocycles. The molecule has 3 N–H and O–H groups in total. The highest BCUT2D eigenvalue weighted by Gasteiger charge is 2.53. The van der Waals surface area contributed by atoms with E-state index in [0.717, 1.165) is 11.1 Å². The number of ether oxygens (including phenoxy) is 1. The number of hydrogen-bond acceptors (Lipinski definition) is 7. The Bertz CT molecular complexity index is 1580. The summed E-state index contributed by atoms with van der Waals surface area (Å²) in [6, 6.07) is 13.2. The second-order valence-electron chi connectivity index (χ2n) is 8.75. The number of nitrogens with zero attached hydrogens (tertiary/aromatic N) is 2. The molecule has 10 nitrogen and oxygen atoms in total. The third-order valence-corrected chi connectivity index (χ3v) is 6.61. The molecule has 0 unspecified atom stereocenters. The Balaban J connectivity index is 1.39. The lowest BCUT2D eigenvalue weighted by Crippen LogP contribution is -2.52. The van der Waals surface area contributed by atoms with E-state index >= 15 is 0 Å². The minimum atomic E-state index is -1.61. The molecule has 1 atom stereocenters. The van der Waals surface area contributed by atoms with Gasteiger partial charge in [-0.3, -0.25) is 19.9 Å². The Morgan fingerprint density at radius 3 is 2.72 bits per heavy atom. The number of hydrogen-bond donors (Lipinski definition) is 3. The van der Waals surface area contributed by atoms with Crippen molar-refractivity contribution in [2.45, 2.75) is 12.1 Å². The van der Waals surface area contributed by atoms with Gasteiger partial charge in [0.05, 0.1) is 19.9 Å². The molecule has 1 fully saturated rings. The van der Waals surface area contributed by atoms with Gasteiger partial charge in [0.15, 0.2) is 5.54 Å². The molecule has 36 heavy (non-hydrogen) atoms. The Morgan fingerprint density at radius 2 is 1.97 bits per heavy atom. The molecule has 0 spiro atoms. The van der Waals surface area contributed by atoms with Crippen molar-refractivity contribution in [3.05, 3.63) is 77.8 Å². The molecule has 0 saturated carbocycles. The number of pyridine rings is 1. The van der Waals surface area contributed by atoms with Crippen LogP contribution in [-0.2, 0) is 16.9 Å². The van der Waals surface area contributed by atoms with E-state index in [9.17, 15) is 19.5 Å². The van der Waals surface area contributed by atoms with Crippen molar-refractivity contribution in [1.29, 1.82) is 0 Å². The molecule has 4 heterocycles. The van der Waals surface area contributed by atoms with E-state index in [4.69, 9.17) is 9.15 Å². The van der Waals surface area contributed by atoms with E-state index in [1.54, 1.807) is 42.6 Å². The molecular weight excluding hydrogens is 464 g/mol. The zero-order valence-electron chi connectivity index (χ0n) is 19.1. The highest BCUT2D eigenvalue weighted by Crippen LogP contribution is 2.37. The Kier molecular flexibility index (Phi) is 4.72. The first-order chi connectivity index (χ1) is 17.4. The van der Waals surface area contributed by atoms with Gasteiger partial charge in [0.25, 0.3) is 11.8 Å². The molecule has 4 amide bonds. The molecule has 1 saturated heterocycles. The number of aromatic nitrogens is 1. The lowest BCUT2D eigenvalue weighted by molar-refractivity contribution is -0.125. The van der Waals surface area contributed by atoms with Gasteiger partial charge in [0.1, 0.15) is 22.8 Å². The van der Waals surface area contributed by atoms with Crippen LogP contribution in [0.3, 0.4) is 0 Å². The summed E-state index contributed by atoms with van der Waals surface area (Å²) in [6.45, 7) is 0.146. The quantitative estimate of drug-likeness (QED) is 0.371. The second kappa shape index (κ2) is 7.84. The minimum absolute atomic E-state index is 0.0308. The fraction of sp³-hybridized carbons (Fsp3) is 0.154. The Hall–Kier alpha value is -4.86. The van der Waals surface area contributed by atoms with E-state index in [0.29, 0.717) is 27.8 Å². The van der Waals surface area contributed by atoms with Crippen molar-refractivity contribution in [3.8, 4) is 22.6 Å². The van der Waals surface area contributed by atoms with Gasteiger partial charge in [0, 0.05) is 29.3 Å². The van der Waals surface area contributed by atoms with Crippen molar-refractivity contribution in [2.75, 3.05) is 13.7 Å². The fourth-order valence-corrected chi connectivity index (χ4v) is 4.79. The molecule has 2 aliphatic heterocycles. The summed E-state index contributed by atoms with van der Waals surface area (Å²) in [7, 11) is 1.52. The van der Waals surface area contributed by atoms with Gasteiger partial charge in [-0.1, -0.05) is 12.1 Å². The average molecular weight is 484 g/mol. The van der Waals surface area contributed by atoms with Crippen molar-refractivity contribution < 1.29 is 28.6 Å². The SMILES string of the molecule is COc1ccc2c(c1)C(=O)N(C[C@@]1(c3cc4cc(-c5ccncc5O)ccc4o3)NC(=O)NC1=O)C2. The molecule has 6 rings (SSSR count). The number of benzene rings is 2. The topological polar surface area (TPSA) is 134 Å². The smallest absolute Gasteiger partial charge is 0.322 e. The van der Waals surface area contributed by atoms with Crippen LogP contribution < -0.4 is 15.4 Å². The summed E-state index contributed by atoms with van der Waals surface area (Å²) in [4.78, 5) is 44.0. The zero-order valence-corrected chi connectivity index (χ0v) is 19.1. The minimum Gasteiger partial charge on any atom is -0.506 e. The molecular formula is C26H20N4O6. The standard InChI is InChI=1S/C26H20N4O6/c1-35-17-4-2-15-12-30(23(32)19(15)10-17)13-26(24(33)28-25(34)29-26)22-9-16-8-14(3-5-21(16)36-22)18-6-7-27-11-20(18)31/h2-11,31H,12-13H2,1H3,(H2,28,29,33,34)/t26-/m0/s1. The van der Waals surface area contributed by atoms with Crippen LogP contribution in [0.5, 0.6) is 11.5 Å². The number of methoxy groups -OCH3 is 1. The number of carbonyl (C=O) groups is 3. The predicted molar refractivity (Wildman–Crippen MR) is 127 cm³/mol. The number of urea groups is 1. The second-order valence-corrected chi connectivity index (χ2v) is 8.75. The van der Waals surface area contributed by atoms with Crippen molar-refractivity contribution in [1.82, 2.24) is 20.5 Å². The highest BCUT2D eigenvalue weighted by atomic mass is 16.5. The summed E-state index contributed by atoms with van der Waals surface area (Å²) < 4.78 is 11.3. The van der Waals surface area contributed by atoms with Crippen LogP contribution in [0.1, 0.15) is 21.7 Å². The van der Waals surface area contributed by atoms with Gasteiger partial charge < -0.3 is 24.5 Å². The predicted octanol–water partition coefficient (Wildman–Crippen LogP) is 2.90. The van der Waals surface area contributed by atoms with Crippen LogP contribution >= 0.6 is 0 Å². The normalized spacial score (nSPS) is 18.9. The van der Waals surface area contributed by atoms with Crippen LogP contribution in [0, 0.1) is 0 Å². The van der Waals surface area contributed by atoms with Gasteiger partial charge in [-0.25, -0.2) is 4.79 Å². The summed E-state index contributed by atoms with van der Waals surface area (Å²) in [5.41, 5.74) is 1.47. The number of furan rings is 1. The van der Waals surface area contributed by atoms with E-state index in [1.165, 1.54) is 18.2 Å². The number of rotatable bonds is 5. The zero-order chi connectivity index (χ0) is 25.0. The van der Waals surface area contributed by atoms with Gasteiger partial charge in [-0.05, 0) is 47.5 Å². The van der Waals surface area contributed by atoms with Crippen molar-refractivity contribution in [3.63, 3.8) is 0 Å². The number of nitrogens with one attached hydrogen (secondary N) is 2. The highest BCUT2D eigenvalue weighted by molar-refractivity contribution is 6.08. The molecule has 2 aliphatic rings. The number of imide groups is 1. The summed E-state index contributed by atoms with van der Waals surface area (Å²) >= 11 is 0. The summed E-state index contributed by atoms with van der Waals surface area (Å²) in [6.07, 6.45) is 2.93. The number of carbonyl (C=O) groups excluding carboxylic acids is 3. The molecule has 2 aromatic carbocycles. The molecule has 10 heteroatoms. The van der Waals surface area contributed by atoms with Crippen LogP contribution in [-0.4, -0.2) is 46.5 Å². The number of fused-ring (bicyclic) bond motifs is 2. The molecule has 2 aromatic heterocycles. The molecule has 0 radical (unpaired) electrons. The first-order valence-corrected chi connectivity index (χ1v) is 11.2. The van der Waals surface area contributed by atoms with E-state index < -0.39 is 17.5 Å².